The number of hydrogen-bond donors (Lipinski definition) is 17. The Kier molecular flexibility index (Phi) is 33.8. The molecule has 0 aromatic heterocycles. The molecule has 0 bridgehead atoms. The summed E-state index contributed by atoms with van der Waals surface area (Å²) in [5, 5.41) is 112. The van der Waals surface area contributed by atoms with Crippen molar-refractivity contribution in [3.8, 4) is 0 Å². The van der Waals surface area contributed by atoms with E-state index in [1.54, 1.807) is 0 Å². The van der Waals surface area contributed by atoms with Crippen LogP contribution in [0.3, 0.4) is 0 Å². The molecule has 0 aromatic carbocycles. The van der Waals surface area contributed by atoms with E-state index in [4.69, 9.17) is 75.8 Å². The molecule has 8 unspecified atom stereocenters. The van der Waals surface area contributed by atoms with Crippen LogP contribution in [0.25, 0.3) is 0 Å². The molecule has 8 rings (SSSR count). The highest BCUT2D eigenvalue weighted by atomic mass is 32.3. The molecule has 53 heteroatoms. The second-order valence-electron chi connectivity index (χ2n) is 26.7. The quantitative estimate of drug-likeness (QED) is 0.0207. The molecule has 8 saturated heterocycles. The van der Waals surface area contributed by atoms with Crippen LogP contribution >= 0.6 is 0 Å². The van der Waals surface area contributed by atoms with Crippen molar-refractivity contribution >= 4 is 65.2 Å². The normalized spacial score (nSPS) is 40.5. The van der Waals surface area contributed by atoms with Crippen LogP contribution in [0.2, 0.25) is 0 Å². The lowest BCUT2D eigenvalue weighted by atomic mass is 9.95. The molecule has 8 heterocycles. The topological polar surface area (TPSA) is 701 Å². The molecule has 4 amide bonds. The fraction of sp³-hybridized carbons (Fsp3) is 0.930. The first kappa shape index (κ1) is 91.9. The Labute approximate surface area is 629 Å². The highest BCUT2D eigenvalue weighted by Gasteiger charge is 2.56. The second-order valence-corrected chi connectivity index (χ2v) is 31.1. The number of rotatable bonds is 35. The third-order valence-corrected chi connectivity index (χ3v) is 19.9. The Hall–Kier alpha value is -3.64. The van der Waals surface area contributed by atoms with Gasteiger partial charge in [0.1, 0.15) is 122 Å². The van der Waals surface area contributed by atoms with Gasteiger partial charge in [0.2, 0.25) is 23.6 Å². The Morgan fingerprint density at radius 1 is 0.355 bits per heavy atom. The van der Waals surface area contributed by atoms with E-state index in [-0.39, 0.29) is 13.0 Å². The molecular formula is C57H96N4O45S4. The minimum Gasteiger partial charge on any atom is -0.390 e. The van der Waals surface area contributed by atoms with Crippen molar-refractivity contribution in [1.29, 1.82) is 0 Å². The summed E-state index contributed by atoms with van der Waals surface area (Å²) in [6.07, 6.45) is -47.7. The molecule has 32 atom stereocenters. The summed E-state index contributed by atoms with van der Waals surface area (Å²) in [7, 11) is -21.0. The second kappa shape index (κ2) is 40.5. The van der Waals surface area contributed by atoms with Crippen molar-refractivity contribution in [2.24, 2.45) is 0 Å². The number of hydrogen-bond acceptors (Lipinski definition) is 41. The maximum atomic E-state index is 12.8. The van der Waals surface area contributed by atoms with E-state index in [1.165, 1.54) is 0 Å². The van der Waals surface area contributed by atoms with Crippen LogP contribution in [0.5, 0.6) is 0 Å². The molecule has 110 heavy (non-hydrogen) atoms. The maximum Gasteiger partial charge on any atom is 0.397 e. The lowest BCUT2D eigenvalue weighted by Crippen LogP contribution is -2.68. The van der Waals surface area contributed by atoms with Crippen molar-refractivity contribution in [2.75, 3.05) is 59.5 Å². The van der Waals surface area contributed by atoms with E-state index in [0.717, 1.165) is 40.5 Å². The molecule has 17 N–H and O–H groups in total. The molecule has 638 valence electrons. The van der Waals surface area contributed by atoms with E-state index < -0.39 is 334 Å². The molecule has 0 aromatic rings. The molecule has 0 radical (unpaired) electrons. The number of ether oxygens (including phenoxy) is 16. The molecule has 0 saturated carbocycles. The molecule has 0 spiro atoms. The Bertz CT molecular complexity index is 3450. The number of unbranched alkanes of at least 4 members (excludes halogenated alkanes) is 2. The predicted octanol–water partition coefficient (Wildman–Crippen LogP) is -9.68. The standard InChI is InChI=1S/C57H96N4O45S4/c1-6-7-8-9-87-54-42(58-22(2)62)46(71)50(34(99-54)18-92-107(75,76)77)104-39-11-27(67)31(15-89-39)97-56-44(60-24(4)64)48(73)52(36(101-56)20-94-109(81,82)83)106-41-13-29(69)33(17-91-41)98-57-45(61-25(5)65)49(74)53(37(102-57)21-95-110(84,85)86)105-40-12-28(68)32(16-90-40)96-55-43(59-23(3)63)47(72)51(35(100-55)19-93-108(78,79)80)103-38-10-26(66)30(70)14-88-38/h26-57,66-74H,6-21H2,1-5H3,(H,58,62)(H,59,63)(H,60,64)(H,61,65)(H,75,76,77)(H,78,79,80)(H,81,82,83)(H,84,85,86)/t26-,27-,28-,29-,30-,31-,32-,33-,34?,35?,36?,37?,38-,39-,40-,41-,42?,43?,44?,45?,46+,47+,48+,49+,50+,51+,52+,53+,54+,55+,56+,57+/m0/s1. The molecule has 49 nitrogen and oxygen atoms in total. The van der Waals surface area contributed by atoms with E-state index in [1.807, 2.05) is 6.92 Å². The van der Waals surface area contributed by atoms with Crippen molar-refractivity contribution in [3.05, 3.63) is 0 Å². The van der Waals surface area contributed by atoms with Crippen molar-refractivity contribution < 1.29 is 210 Å². The zero-order valence-electron chi connectivity index (χ0n) is 59.3. The van der Waals surface area contributed by atoms with Crippen LogP contribution in [0.15, 0.2) is 0 Å². The van der Waals surface area contributed by atoms with Crippen LogP contribution in [-0.2, 0) is 153 Å². The van der Waals surface area contributed by atoms with Crippen LogP contribution < -0.4 is 21.3 Å². The fourth-order valence-corrected chi connectivity index (χ4v) is 14.2. The van der Waals surface area contributed by atoms with Gasteiger partial charge >= 0.3 is 41.6 Å². The van der Waals surface area contributed by atoms with E-state index in [2.05, 4.69) is 38.0 Å². The van der Waals surface area contributed by atoms with Gasteiger partial charge in [-0.2, -0.15) is 33.7 Å². The summed E-state index contributed by atoms with van der Waals surface area (Å²) in [4.78, 5) is 50.4. The molecule has 8 aliphatic heterocycles. The first-order valence-electron chi connectivity index (χ1n) is 34.4. The van der Waals surface area contributed by atoms with E-state index in [9.17, 15) is 117 Å². The Balaban J connectivity index is 0.914. The minimum atomic E-state index is -5.33. The average Bonchev–Trinajstić information content (AvgIpc) is 0.784. The van der Waals surface area contributed by atoms with Crippen LogP contribution in [0.4, 0.5) is 0 Å². The highest BCUT2D eigenvalue weighted by Crippen LogP contribution is 2.37. The zero-order valence-corrected chi connectivity index (χ0v) is 62.6. The van der Waals surface area contributed by atoms with Gasteiger partial charge in [0, 0.05) is 60.0 Å². The zero-order chi connectivity index (χ0) is 81.1. The van der Waals surface area contributed by atoms with Gasteiger partial charge < -0.3 is 143 Å². The number of aliphatic hydroxyl groups excluding tert-OH is 9. The smallest absolute Gasteiger partial charge is 0.390 e. The lowest BCUT2D eigenvalue weighted by molar-refractivity contribution is -0.352. The summed E-state index contributed by atoms with van der Waals surface area (Å²) in [6, 6.07) is -6.45. The molecular weight excluding hydrogens is 1590 g/mol. The van der Waals surface area contributed by atoms with E-state index >= 15 is 0 Å². The van der Waals surface area contributed by atoms with Gasteiger partial charge in [-0.3, -0.25) is 37.4 Å². The summed E-state index contributed by atoms with van der Waals surface area (Å²) < 4.78 is 246. The first-order valence-corrected chi connectivity index (χ1v) is 39.9. The highest BCUT2D eigenvalue weighted by molar-refractivity contribution is 7.81. The molecule has 8 fully saturated rings. The van der Waals surface area contributed by atoms with Crippen molar-refractivity contribution in [1.82, 2.24) is 21.3 Å². The third-order valence-electron chi connectivity index (χ3n) is 18.1. The summed E-state index contributed by atoms with van der Waals surface area (Å²) >= 11 is 0. The van der Waals surface area contributed by atoms with Crippen molar-refractivity contribution in [2.45, 2.75) is 276 Å². The molecule has 0 aliphatic carbocycles. The minimum absolute atomic E-state index is 0.0734. The summed E-state index contributed by atoms with van der Waals surface area (Å²) in [5.74, 6) is -3.15. The first-order chi connectivity index (χ1) is 51.4. The van der Waals surface area contributed by atoms with Gasteiger partial charge in [0.15, 0.2) is 50.3 Å². The van der Waals surface area contributed by atoms with Crippen LogP contribution in [-0.4, -0.2) is 377 Å². The average molecular weight is 1690 g/mol. The van der Waals surface area contributed by atoms with Gasteiger partial charge in [-0.25, -0.2) is 16.7 Å². The third kappa shape index (κ3) is 27.2. The number of nitrogens with one attached hydrogen (secondary N) is 4. The van der Waals surface area contributed by atoms with Gasteiger partial charge in [-0.05, 0) is 6.42 Å². The van der Waals surface area contributed by atoms with Crippen LogP contribution in [0.1, 0.15) is 79.6 Å². The van der Waals surface area contributed by atoms with E-state index in [0.29, 0.717) is 6.42 Å². The van der Waals surface area contributed by atoms with Crippen LogP contribution in [0, 0.1) is 0 Å². The SMILES string of the molecule is CCCCCO[C@@H]1OC(COS(=O)(=O)O)[C@@H](O[C@H]2C[C@H](O)[C@@H](O[C@@H]3OC(COS(=O)(=O)O)[C@@H](O[C@H]4C[C@H](O)[C@@H](O[C@@H]5OC(COS(=O)(=O)O)[C@@H](O[C@H]6C[C@H](O)[C@@H](O[C@@H]7OC(COS(=O)(=O)O)[C@@H](O[C@H]8C[C@H](O)[C@@H](O)CO8)[C@H](O)C7NC(C)=O)CO6)[C@H](O)C5NC(C)=O)CO4)[C@H](O)C3NC(C)=O)CO2)[C@H](O)C1NC(C)=O. The number of carbonyl (C=O) groups is 4. The fourth-order valence-electron chi connectivity index (χ4n) is 13.0. The lowest BCUT2D eigenvalue weighted by Gasteiger charge is -2.48. The number of carbonyl (C=O) groups excluding carboxylic acids is 4. The monoisotopic (exact) mass is 1680 g/mol. The number of aliphatic hydroxyl groups is 9. The predicted molar refractivity (Wildman–Crippen MR) is 346 cm³/mol. The van der Waals surface area contributed by atoms with Gasteiger partial charge in [-0.1, -0.05) is 19.8 Å². The van der Waals surface area contributed by atoms with Gasteiger partial charge in [-0.15, -0.1) is 0 Å². The Morgan fingerprint density at radius 2 is 0.609 bits per heavy atom. The summed E-state index contributed by atoms with van der Waals surface area (Å²) in [5.41, 5.74) is 0. The maximum absolute atomic E-state index is 12.8. The van der Waals surface area contributed by atoms with Crippen molar-refractivity contribution in [3.63, 3.8) is 0 Å². The number of amides is 4. The largest absolute Gasteiger partial charge is 0.397 e. The molecule has 8 aliphatic rings. The van der Waals surface area contributed by atoms with Gasteiger partial charge in [0.05, 0.1) is 77.3 Å². The summed E-state index contributed by atoms with van der Waals surface area (Å²) in [6.45, 7) is -0.762. The Morgan fingerprint density at radius 3 is 0.855 bits per heavy atom. The van der Waals surface area contributed by atoms with Gasteiger partial charge in [0.25, 0.3) is 0 Å².